The quantitative estimate of drug-likeness (QED) is 0.642. The van der Waals surface area contributed by atoms with E-state index in [4.69, 9.17) is 0 Å². The number of piperidine rings is 1. The molecule has 2 aliphatic heterocycles. The van der Waals surface area contributed by atoms with Gasteiger partial charge in [0.05, 0.1) is 17.6 Å². The summed E-state index contributed by atoms with van der Waals surface area (Å²) in [5.41, 5.74) is 3.93. The first kappa shape index (κ1) is 18.1. The van der Waals surface area contributed by atoms with Crippen LogP contribution >= 0.6 is 0 Å². The molecule has 1 saturated heterocycles. The van der Waals surface area contributed by atoms with Crippen molar-refractivity contribution in [2.75, 3.05) is 0 Å². The zero-order valence-electron chi connectivity index (χ0n) is 16.1. The SMILES string of the molecule is Cc1nccnc1-c1cn(-c2cccc3c2CN(C2CCC(=O)NC2=O)C3=O)nn1. The second-order valence-corrected chi connectivity index (χ2v) is 7.24. The first-order valence-electron chi connectivity index (χ1n) is 9.50. The number of benzene rings is 1. The van der Waals surface area contributed by atoms with E-state index in [1.165, 1.54) is 4.90 Å². The molecule has 1 N–H and O–H groups in total. The standard InChI is InChI=1S/C20H17N7O3/c1-11-18(22-8-7-21-11)14-10-27(25-24-14)15-4-2-3-12-13(15)9-26(20(12)30)16-5-6-17(28)23-19(16)29/h2-4,7-8,10,16H,5-6,9H2,1H3,(H,23,28,29). The Hall–Kier alpha value is -3.95. The van der Waals surface area contributed by atoms with Crippen LogP contribution in [0.3, 0.4) is 0 Å². The van der Waals surface area contributed by atoms with Crippen LogP contribution in [0.15, 0.2) is 36.8 Å². The number of aromatic nitrogens is 5. The van der Waals surface area contributed by atoms with Crippen LogP contribution in [0.25, 0.3) is 17.1 Å². The Morgan fingerprint density at radius 3 is 2.77 bits per heavy atom. The largest absolute Gasteiger partial charge is 0.322 e. The van der Waals surface area contributed by atoms with Crippen LogP contribution in [0.5, 0.6) is 0 Å². The predicted octanol–water partition coefficient (Wildman–Crippen LogP) is 0.794. The number of amides is 3. The molecule has 0 aliphatic carbocycles. The van der Waals surface area contributed by atoms with Crippen LogP contribution in [0, 0.1) is 6.92 Å². The van der Waals surface area contributed by atoms with Gasteiger partial charge in [0.15, 0.2) is 0 Å². The summed E-state index contributed by atoms with van der Waals surface area (Å²) in [7, 11) is 0. The van der Waals surface area contributed by atoms with Crippen LogP contribution in [-0.2, 0) is 16.1 Å². The second kappa shape index (κ2) is 6.83. The molecule has 0 radical (unpaired) electrons. The monoisotopic (exact) mass is 403 g/mol. The van der Waals surface area contributed by atoms with E-state index in [-0.39, 0.29) is 24.8 Å². The van der Waals surface area contributed by atoms with Gasteiger partial charge < -0.3 is 4.90 Å². The van der Waals surface area contributed by atoms with Gasteiger partial charge in [-0.15, -0.1) is 5.10 Å². The van der Waals surface area contributed by atoms with Crippen LogP contribution in [0.2, 0.25) is 0 Å². The van der Waals surface area contributed by atoms with Crippen LogP contribution in [0.4, 0.5) is 0 Å². The second-order valence-electron chi connectivity index (χ2n) is 7.24. The molecule has 1 atom stereocenters. The first-order valence-corrected chi connectivity index (χ1v) is 9.50. The van der Waals surface area contributed by atoms with Crippen molar-refractivity contribution in [1.82, 2.24) is 35.2 Å². The molecule has 150 valence electrons. The highest BCUT2D eigenvalue weighted by Gasteiger charge is 2.40. The summed E-state index contributed by atoms with van der Waals surface area (Å²) in [5.74, 6) is -0.975. The Labute approximate surface area is 170 Å². The van der Waals surface area contributed by atoms with E-state index in [0.29, 0.717) is 29.1 Å². The van der Waals surface area contributed by atoms with Gasteiger partial charge in [-0.3, -0.25) is 29.7 Å². The number of nitrogens with one attached hydrogen (secondary N) is 1. The van der Waals surface area contributed by atoms with Gasteiger partial charge in [0.1, 0.15) is 17.4 Å². The molecule has 1 aromatic carbocycles. The van der Waals surface area contributed by atoms with Crippen molar-refractivity contribution in [3.05, 3.63) is 53.6 Å². The van der Waals surface area contributed by atoms with Gasteiger partial charge in [-0.2, -0.15) is 0 Å². The normalized spacial score (nSPS) is 18.5. The Balaban J connectivity index is 1.49. The number of fused-ring (bicyclic) bond motifs is 1. The Morgan fingerprint density at radius 1 is 1.13 bits per heavy atom. The fourth-order valence-electron chi connectivity index (χ4n) is 3.93. The maximum Gasteiger partial charge on any atom is 0.255 e. The third kappa shape index (κ3) is 2.84. The molecule has 0 bridgehead atoms. The molecule has 10 heteroatoms. The van der Waals surface area contributed by atoms with E-state index in [0.717, 1.165) is 11.3 Å². The summed E-state index contributed by atoms with van der Waals surface area (Å²) in [6.07, 6.45) is 5.48. The number of carbonyl (C=O) groups is 3. The minimum absolute atomic E-state index is 0.216. The number of nitrogens with zero attached hydrogens (tertiary/aromatic N) is 6. The molecule has 2 aromatic heterocycles. The number of rotatable bonds is 3. The summed E-state index contributed by atoms with van der Waals surface area (Å²) in [4.78, 5) is 46.8. The molecular weight excluding hydrogens is 386 g/mol. The molecule has 30 heavy (non-hydrogen) atoms. The highest BCUT2D eigenvalue weighted by molar-refractivity contribution is 6.05. The molecule has 1 fully saturated rings. The van der Waals surface area contributed by atoms with Gasteiger partial charge in [0.25, 0.3) is 5.91 Å². The lowest BCUT2D eigenvalue weighted by Crippen LogP contribution is -2.52. The van der Waals surface area contributed by atoms with Crippen LogP contribution in [0.1, 0.15) is 34.5 Å². The fraction of sp³-hybridized carbons (Fsp3) is 0.250. The summed E-state index contributed by atoms with van der Waals surface area (Å²) >= 11 is 0. The van der Waals surface area contributed by atoms with Crippen LogP contribution in [-0.4, -0.2) is 53.6 Å². The predicted molar refractivity (Wildman–Crippen MR) is 103 cm³/mol. The first-order chi connectivity index (χ1) is 14.5. The van der Waals surface area contributed by atoms with Gasteiger partial charge in [0.2, 0.25) is 11.8 Å². The van der Waals surface area contributed by atoms with Crippen molar-refractivity contribution < 1.29 is 14.4 Å². The number of hydrogen-bond acceptors (Lipinski definition) is 7. The Kier molecular flexibility index (Phi) is 4.12. The van der Waals surface area contributed by atoms with Gasteiger partial charge in [-0.05, 0) is 25.5 Å². The highest BCUT2D eigenvalue weighted by Crippen LogP contribution is 2.31. The van der Waals surface area contributed by atoms with Gasteiger partial charge in [-0.1, -0.05) is 11.3 Å². The van der Waals surface area contributed by atoms with Crippen molar-refractivity contribution in [3.8, 4) is 17.1 Å². The average Bonchev–Trinajstić information content (AvgIpc) is 3.34. The van der Waals surface area contributed by atoms with Crippen molar-refractivity contribution in [1.29, 1.82) is 0 Å². The lowest BCUT2D eigenvalue weighted by molar-refractivity contribution is -0.136. The average molecular weight is 403 g/mol. The molecule has 2 aliphatic rings. The lowest BCUT2D eigenvalue weighted by atomic mass is 10.0. The Morgan fingerprint density at radius 2 is 1.97 bits per heavy atom. The van der Waals surface area contributed by atoms with E-state index in [1.807, 2.05) is 13.0 Å². The molecule has 10 nitrogen and oxygen atoms in total. The van der Waals surface area contributed by atoms with E-state index in [1.54, 1.807) is 35.4 Å². The minimum atomic E-state index is -0.663. The van der Waals surface area contributed by atoms with E-state index in [9.17, 15) is 14.4 Å². The third-order valence-corrected chi connectivity index (χ3v) is 5.42. The Bertz CT molecular complexity index is 1200. The van der Waals surface area contributed by atoms with Gasteiger partial charge >= 0.3 is 0 Å². The molecule has 0 saturated carbocycles. The maximum atomic E-state index is 13.0. The van der Waals surface area contributed by atoms with Crippen molar-refractivity contribution in [2.24, 2.45) is 0 Å². The topological polar surface area (TPSA) is 123 Å². The molecule has 0 spiro atoms. The zero-order chi connectivity index (χ0) is 20.8. The highest BCUT2D eigenvalue weighted by atomic mass is 16.2. The summed E-state index contributed by atoms with van der Waals surface area (Å²) < 4.78 is 1.60. The fourth-order valence-corrected chi connectivity index (χ4v) is 3.93. The number of carbonyl (C=O) groups excluding carboxylic acids is 3. The summed E-state index contributed by atoms with van der Waals surface area (Å²) in [6, 6.07) is 4.69. The van der Waals surface area contributed by atoms with Crippen molar-refractivity contribution in [3.63, 3.8) is 0 Å². The number of aryl methyl sites for hydroxylation is 1. The summed E-state index contributed by atoms with van der Waals surface area (Å²) in [5, 5.41) is 10.7. The molecule has 5 rings (SSSR count). The molecule has 1 unspecified atom stereocenters. The minimum Gasteiger partial charge on any atom is -0.322 e. The lowest BCUT2D eigenvalue weighted by Gasteiger charge is -2.29. The number of hydrogen-bond donors (Lipinski definition) is 1. The van der Waals surface area contributed by atoms with E-state index in [2.05, 4.69) is 25.6 Å². The number of imide groups is 1. The molecule has 3 aromatic rings. The van der Waals surface area contributed by atoms with Gasteiger partial charge in [-0.25, -0.2) is 4.68 Å². The maximum absolute atomic E-state index is 13.0. The molecule has 4 heterocycles. The molecule has 3 amide bonds. The van der Waals surface area contributed by atoms with Crippen molar-refractivity contribution >= 4 is 17.7 Å². The zero-order valence-corrected chi connectivity index (χ0v) is 16.1. The van der Waals surface area contributed by atoms with E-state index < -0.39 is 11.9 Å². The third-order valence-electron chi connectivity index (χ3n) is 5.42. The van der Waals surface area contributed by atoms with Crippen LogP contribution < -0.4 is 5.32 Å². The van der Waals surface area contributed by atoms with Gasteiger partial charge in [0, 0.05) is 36.5 Å². The van der Waals surface area contributed by atoms with Crippen molar-refractivity contribution in [2.45, 2.75) is 32.4 Å². The van der Waals surface area contributed by atoms with E-state index >= 15 is 0 Å². The summed E-state index contributed by atoms with van der Waals surface area (Å²) in [6.45, 7) is 2.11. The molecular formula is C20H17N7O3. The smallest absolute Gasteiger partial charge is 0.255 e.